The molecule has 1 saturated heterocycles. The van der Waals surface area contributed by atoms with Crippen molar-refractivity contribution in [1.29, 1.82) is 0 Å². The van der Waals surface area contributed by atoms with Gasteiger partial charge in [0.05, 0.1) is 5.54 Å². The Morgan fingerprint density at radius 3 is 2.71 bits per heavy atom. The van der Waals surface area contributed by atoms with Gasteiger partial charge in [-0.25, -0.2) is 0 Å². The van der Waals surface area contributed by atoms with E-state index in [9.17, 15) is 4.79 Å². The molecule has 3 atom stereocenters. The monoisotopic (exact) mass is 196 g/mol. The Labute approximate surface area is 85.6 Å². The van der Waals surface area contributed by atoms with Crippen LogP contribution in [0.2, 0.25) is 0 Å². The lowest BCUT2D eigenvalue weighted by atomic mass is 9.97. The molecule has 14 heavy (non-hydrogen) atoms. The van der Waals surface area contributed by atoms with Crippen LogP contribution < -0.4 is 5.73 Å². The van der Waals surface area contributed by atoms with Crippen LogP contribution in [-0.2, 0) is 4.79 Å². The fourth-order valence-corrected chi connectivity index (χ4v) is 2.65. The van der Waals surface area contributed by atoms with Crippen LogP contribution in [0.15, 0.2) is 0 Å². The molecular formula is C11H20N2O. The molecule has 2 fully saturated rings. The number of carbonyl (C=O) groups excluding carboxylic acids is 1. The number of hydrogen-bond acceptors (Lipinski definition) is 2. The Balaban J connectivity index is 2.06. The number of hydrogen-bond donors (Lipinski definition) is 1. The van der Waals surface area contributed by atoms with Gasteiger partial charge in [0.15, 0.2) is 0 Å². The highest BCUT2D eigenvalue weighted by molar-refractivity contribution is 5.86. The van der Waals surface area contributed by atoms with Gasteiger partial charge in [0.2, 0.25) is 5.91 Å². The zero-order valence-electron chi connectivity index (χ0n) is 9.12. The molecule has 0 radical (unpaired) electrons. The molecule has 2 aliphatic rings. The van der Waals surface area contributed by atoms with Gasteiger partial charge < -0.3 is 10.6 Å². The highest BCUT2D eigenvalue weighted by atomic mass is 16.2. The number of rotatable bonds is 2. The number of nitrogens with zero attached hydrogens (tertiary/aromatic N) is 1. The molecule has 0 aromatic carbocycles. The number of piperidine rings is 1. The fraction of sp³-hybridized carbons (Fsp3) is 0.909. The first kappa shape index (κ1) is 9.97. The number of fused-ring (bicyclic) bond motifs is 2. The smallest absolute Gasteiger partial charge is 0.242 e. The van der Waals surface area contributed by atoms with Crippen LogP contribution in [0.3, 0.4) is 0 Å². The minimum Gasteiger partial charge on any atom is -0.338 e. The van der Waals surface area contributed by atoms with Gasteiger partial charge in [-0.2, -0.15) is 0 Å². The largest absolute Gasteiger partial charge is 0.338 e. The molecule has 1 saturated carbocycles. The lowest BCUT2D eigenvalue weighted by Gasteiger charge is -2.33. The lowest BCUT2D eigenvalue weighted by molar-refractivity contribution is -0.138. The molecule has 0 spiro atoms. The first-order valence-electron chi connectivity index (χ1n) is 5.64. The van der Waals surface area contributed by atoms with Crippen LogP contribution >= 0.6 is 0 Å². The van der Waals surface area contributed by atoms with Crippen molar-refractivity contribution in [2.75, 3.05) is 6.54 Å². The summed E-state index contributed by atoms with van der Waals surface area (Å²) in [6, 6.07) is 0.502. The number of carbonyl (C=O) groups is 1. The average molecular weight is 196 g/mol. The predicted octanol–water partition coefficient (Wildman–Crippen LogP) is 1.12. The molecule has 3 unspecified atom stereocenters. The topological polar surface area (TPSA) is 46.3 Å². The van der Waals surface area contributed by atoms with Gasteiger partial charge in [0, 0.05) is 12.6 Å². The van der Waals surface area contributed by atoms with Gasteiger partial charge >= 0.3 is 0 Å². The maximum atomic E-state index is 12.1. The van der Waals surface area contributed by atoms with Crippen molar-refractivity contribution in [3.8, 4) is 0 Å². The Bertz CT molecular complexity index is 250. The minimum absolute atomic E-state index is 0.159. The third kappa shape index (κ3) is 1.44. The van der Waals surface area contributed by atoms with Crippen LogP contribution in [0, 0.1) is 5.92 Å². The summed E-state index contributed by atoms with van der Waals surface area (Å²) in [5.74, 6) is 0.920. The number of amides is 1. The van der Waals surface area contributed by atoms with E-state index >= 15 is 0 Å². The summed E-state index contributed by atoms with van der Waals surface area (Å²) in [5, 5.41) is 0. The Kier molecular flexibility index (Phi) is 2.30. The quantitative estimate of drug-likeness (QED) is 0.719. The molecule has 3 heteroatoms. The summed E-state index contributed by atoms with van der Waals surface area (Å²) in [6.07, 6.45) is 4.43. The molecule has 1 amide bonds. The summed E-state index contributed by atoms with van der Waals surface area (Å²) in [4.78, 5) is 14.1. The van der Waals surface area contributed by atoms with Gasteiger partial charge in [-0.1, -0.05) is 6.92 Å². The molecule has 1 aliphatic carbocycles. The molecule has 2 rings (SSSR count). The fourth-order valence-electron chi connectivity index (χ4n) is 2.65. The molecule has 3 nitrogen and oxygen atoms in total. The zero-order chi connectivity index (χ0) is 10.3. The van der Waals surface area contributed by atoms with E-state index in [2.05, 4.69) is 0 Å². The SMILES string of the molecule is CCC(C)(N)C(=O)N1CC2CCC1C2. The average Bonchev–Trinajstić information content (AvgIpc) is 2.77. The van der Waals surface area contributed by atoms with Gasteiger partial charge in [-0.05, 0) is 38.5 Å². The van der Waals surface area contributed by atoms with Crippen LogP contribution in [0.25, 0.3) is 0 Å². The van der Waals surface area contributed by atoms with Gasteiger partial charge in [0.25, 0.3) is 0 Å². The second-order valence-electron chi connectivity index (χ2n) is 5.06. The highest BCUT2D eigenvalue weighted by Gasteiger charge is 2.43. The van der Waals surface area contributed by atoms with E-state index in [1.165, 1.54) is 19.3 Å². The summed E-state index contributed by atoms with van der Waals surface area (Å²) in [5.41, 5.74) is 5.33. The van der Waals surface area contributed by atoms with Crippen molar-refractivity contribution < 1.29 is 4.79 Å². The number of nitrogens with two attached hydrogens (primary N) is 1. The van der Waals surface area contributed by atoms with Crippen molar-refractivity contribution in [2.45, 2.75) is 51.1 Å². The van der Waals surface area contributed by atoms with E-state index in [1.807, 2.05) is 18.7 Å². The van der Waals surface area contributed by atoms with Crippen molar-refractivity contribution >= 4 is 5.91 Å². The Morgan fingerprint density at radius 1 is 1.57 bits per heavy atom. The predicted molar refractivity (Wildman–Crippen MR) is 55.7 cm³/mol. The lowest BCUT2D eigenvalue weighted by Crippen LogP contribution is -2.54. The van der Waals surface area contributed by atoms with Crippen molar-refractivity contribution in [3.63, 3.8) is 0 Å². The maximum Gasteiger partial charge on any atom is 0.242 e. The van der Waals surface area contributed by atoms with Crippen molar-refractivity contribution in [1.82, 2.24) is 4.90 Å². The molecule has 1 aliphatic heterocycles. The van der Waals surface area contributed by atoms with Gasteiger partial charge in [-0.15, -0.1) is 0 Å². The number of likely N-dealkylation sites (tertiary alicyclic amines) is 1. The van der Waals surface area contributed by atoms with E-state index in [4.69, 9.17) is 5.73 Å². The van der Waals surface area contributed by atoms with Crippen molar-refractivity contribution in [3.05, 3.63) is 0 Å². The van der Waals surface area contributed by atoms with Gasteiger partial charge in [-0.3, -0.25) is 4.79 Å². The maximum absolute atomic E-state index is 12.1. The Hall–Kier alpha value is -0.570. The molecule has 1 heterocycles. The molecule has 0 aromatic heterocycles. The van der Waals surface area contributed by atoms with E-state index in [0.29, 0.717) is 6.04 Å². The molecule has 2 N–H and O–H groups in total. The van der Waals surface area contributed by atoms with Crippen LogP contribution in [0.1, 0.15) is 39.5 Å². The van der Waals surface area contributed by atoms with Crippen LogP contribution in [0.4, 0.5) is 0 Å². The van der Waals surface area contributed by atoms with E-state index in [1.54, 1.807) is 0 Å². The van der Waals surface area contributed by atoms with Crippen LogP contribution in [0.5, 0.6) is 0 Å². The minimum atomic E-state index is -0.648. The standard InChI is InChI=1S/C11H20N2O/c1-3-11(2,12)10(14)13-7-8-4-5-9(13)6-8/h8-9H,3-7,12H2,1-2H3. The third-order valence-corrected chi connectivity index (χ3v) is 3.89. The summed E-state index contributed by atoms with van der Waals surface area (Å²) in [7, 11) is 0. The molecular weight excluding hydrogens is 176 g/mol. The summed E-state index contributed by atoms with van der Waals surface area (Å²) < 4.78 is 0. The summed E-state index contributed by atoms with van der Waals surface area (Å²) in [6.45, 7) is 4.78. The van der Waals surface area contributed by atoms with Crippen molar-refractivity contribution in [2.24, 2.45) is 11.7 Å². The molecule has 80 valence electrons. The normalized spacial score (nSPS) is 34.6. The second-order valence-corrected chi connectivity index (χ2v) is 5.06. The van der Waals surface area contributed by atoms with Gasteiger partial charge in [0.1, 0.15) is 0 Å². The Morgan fingerprint density at radius 2 is 2.29 bits per heavy atom. The highest BCUT2D eigenvalue weighted by Crippen LogP contribution is 2.38. The third-order valence-electron chi connectivity index (χ3n) is 3.89. The molecule has 2 bridgehead atoms. The van der Waals surface area contributed by atoms with E-state index in [-0.39, 0.29) is 5.91 Å². The van der Waals surface area contributed by atoms with Crippen LogP contribution in [-0.4, -0.2) is 28.9 Å². The summed E-state index contributed by atoms with van der Waals surface area (Å²) >= 11 is 0. The first-order chi connectivity index (χ1) is 6.54. The second kappa shape index (κ2) is 3.23. The first-order valence-corrected chi connectivity index (χ1v) is 5.64. The zero-order valence-corrected chi connectivity index (χ0v) is 9.12. The molecule has 0 aromatic rings. The van der Waals surface area contributed by atoms with E-state index < -0.39 is 5.54 Å². The van der Waals surface area contributed by atoms with E-state index in [0.717, 1.165) is 18.9 Å².